The Labute approximate surface area is 97.5 Å². The summed E-state index contributed by atoms with van der Waals surface area (Å²) >= 11 is 0. The van der Waals surface area contributed by atoms with Crippen LogP contribution in [0, 0.1) is 11.6 Å². The Morgan fingerprint density at radius 2 is 1.76 bits per heavy atom. The third-order valence-corrected chi connectivity index (χ3v) is 2.45. The van der Waals surface area contributed by atoms with Gasteiger partial charge in [-0.25, -0.2) is 8.78 Å². The third-order valence-electron chi connectivity index (χ3n) is 2.45. The zero-order valence-corrected chi connectivity index (χ0v) is 9.19. The molecular formula is C12H11F2N3. The van der Waals surface area contributed by atoms with Crippen molar-refractivity contribution < 1.29 is 8.78 Å². The largest absolute Gasteiger partial charge is 0.309 e. The maximum atomic E-state index is 13.1. The maximum Gasteiger partial charge on any atom is 0.126 e. The van der Waals surface area contributed by atoms with Crippen molar-refractivity contribution in [2.24, 2.45) is 0 Å². The number of nitrogens with zero attached hydrogens (tertiary/aromatic N) is 2. The van der Waals surface area contributed by atoms with Gasteiger partial charge in [-0.3, -0.25) is 0 Å². The van der Waals surface area contributed by atoms with E-state index in [0.717, 1.165) is 11.6 Å². The first-order chi connectivity index (χ1) is 8.20. The highest BCUT2D eigenvalue weighted by molar-refractivity contribution is 5.30. The molecular weight excluding hydrogens is 224 g/mol. The minimum Gasteiger partial charge on any atom is -0.309 e. The lowest BCUT2D eigenvalue weighted by Gasteiger charge is -2.16. The van der Waals surface area contributed by atoms with Gasteiger partial charge in [-0.15, -0.1) is 0 Å². The molecule has 1 aromatic carbocycles. The highest BCUT2D eigenvalue weighted by atomic mass is 19.1. The van der Waals surface area contributed by atoms with Crippen LogP contribution >= 0.6 is 0 Å². The van der Waals surface area contributed by atoms with Crippen LogP contribution < -0.4 is 5.32 Å². The van der Waals surface area contributed by atoms with Gasteiger partial charge in [0.2, 0.25) is 0 Å². The van der Waals surface area contributed by atoms with E-state index in [2.05, 4.69) is 15.5 Å². The average Bonchev–Trinajstić information content (AvgIpc) is 2.30. The summed E-state index contributed by atoms with van der Waals surface area (Å²) in [5.74, 6) is -1.19. The third kappa shape index (κ3) is 2.62. The molecule has 0 fully saturated rings. The first-order valence-electron chi connectivity index (χ1n) is 5.10. The van der Waals surface area contributed by atoms with Crippen molar-refractivity contribution >= 4 is 0 Å². The fourth-order valence-corrected chi connectivity index (χ4v) is 1.74. The van der Waals surface area contributed by atoms with E-state index < -0.39 is 11.6 Å². The van der Waals surface area contributed by atoms with Crippen LogP contribution in [0.1, 0.15) is 17.2 Å². The average molecular weight is 235 g/mol. The zero-order valence-electron chi connectivity index (χ0n) is 9.19. The highest BCUT2D eigenvalue weighted by Crippen LogP contribution is 2.22. The molecule has 1 heterocycles. The lowest BCUT2D eigenvalue weighted by atomic mass is 10.0. The van der Waals surface area contributed by atoms with Gasteiger partial charge in [0.1, 0.15) is 11.6 Å². The van der Waals surface area contributed by atoms with Gasteiger partial charge in [-0.1, -0.05) is 0 Å². The van der Waals surface area contributed by atoms with Crippen molar-refractivity contribution in [3.05, 3.63) is 59.4 Å². The van der Waals surface area contributed by atoms with Gasteiger partial charge < -0.3 is 5.32 Å². The molecule has 88 valence electrons. The quantitative estimate of drug-likeness (QED) is 0.884. The molecule has 0 amide bonds. The molecule has 1 unspecified atom stereocenters. The fraction of sp³-hybridized carbons (Fsp3) is 0.167. The van der Waals surface area contributed by atoms with Crippen LogP contribution in [0.25, 0.3) is 0 Å². The van der Waals surface area contributed by atoms with E-state index in [0.29, 0.717) is 5.56 Å². The van der Waals surface area contributed by atoms with Crippen molar-refractivity contribution in [2.45, 2.75) is 6.04 Å². The second kappa shape index (κ2) is 4.97. The molecule has 0 saturated heterocycles. The molecule has 2 aromatic rings. The molecule has 0 spiro atoms. The van der Waals surface area contributed by atoms with Gasteiger partial charge in [0.15, 0.2) is 0 Å². The van der Waals surface area contributed by atoms with Crippen LogP contribution in [0.3, 0.4) is 0 Å². The molecule has 1 atom stereocenters. The lowest BCUT2D eigenvalue weighted by molar-refractivity contribution is 0.571. The predicted molar refractivity (Wildman–Crippen MR) is 59.3 cm³/mol. The Bertz CT molecular complexity index is 482. The standard InChI is InChI=1S/C12H11F2N3/c1-15-12(8-2-3-16-17-7-8)9-4-10(13)6-11(14)5-9/h2-7,12,15H,1H3. The van der Waals surface area contributed by atoms with Crippen molar-refractivity contribution in [2.75, 3.05) is 7.05 Å². The molecule has 2 rings (SSSR count). The van der Waals surface area contributed by atoms with Gasteiger partial charge in [0.05, 0.1) is 12.2 Å². The molecule has 0 aliphatic rings. The van der Waals surface area contributed by atoms with Crippen molar-refractivity contribution in [1.82, 2.24) is 15.5 Å². The number of hydrogen-bond acceptors (Lipinski definition) is 3. The summed E-state index contributed by atoms with van der Waals surface area (Å²) < 4.78 is 26.3. The van der Waals surface area contributed by atoms with Crippen molar-refractivity contribution in [3.63, 3.8) is 0 Å². The second-order valence-electron chi connectivity index (χ2n) is 3.60. The lowest BCUT2D eigenvalue weighted by Crippen LogP contribution is -2.18. The molecule has 5 heteroatoms. The normalized spacial score (nSPS) is 12.4. The summed E-state index contributed by atoms with van der Waals surface area (Å²) in [4.78, 5) is 0. The minimum absolute atomic E-state index is 0.310. The number of hydrogen-bond donors (Lipinski definition) is 1. The number of aromatic nitrogens is 2. The summed E-state index contributed by atoms with van der Waals surface area (Å²) in [6.45, 7) is 0. The number of rotatable bonds is 3. The number of nitrogens with one attached hydrogen (secondary N) is 1. The first kappa shape index (κ1) is 11.6. The molecule has 0 bridgehead atoms. The van der Waals surface area contributed by atoms with E-state index in [1.807, 2.05) is 0 Å². The smallest absolute Gasteiger partial charge is 0.126 e. The second-order valence-corrected chi connectivity index (χ2v) is 3.60. The molecule has 1 aromatic heterocycles. The predicted octanol–water partition coefficient (Wildman–Crippen LogP) is 2.06. The summed E-state index contributed by atoms with van der Waals surface area (Å²) in [5, 5.41) is 10.4. The zero-order chi connectivity index (χ0) is 12.3. The van der Waals surface area contributed by atoms with Gasteiger partial charge in [0, 0.05) is 12.3 Å². The van der Waals surface area contributed by atoms with Crippen LogP contribution in [0.4, 0.5) is 8.78 Å². The molecule has 3 nitrogen and oxygen atoms in total. The van der Waals surface area contributed by atoms with Crippen LogP contribution in [-0.4, -0.2) is 17.2 Å². The molecule has 17 heavy (non-hydrogen) atoms. The number of benzene rings is 1. The van der Waals surface area contributed by atoms with Crippen LogP contribution in [0.5, 0.6) is 0 Å². The SMILES string of the molecule is CNC(c1ccnnc1)c1cc(F)cc(F)c1. The van der Waals surface area contributed by atoms with Crippen LogP contribution in [-0.2, 0) is 0 Å². The van der Waals surface area contributed by atoms with Gasteiger partial charge in [0.25, 0.3) is 0 Å². The molecule has 0 aliphatic heterocycles. The fourth-order valence-electron chi connectivity index (χ4n) is 1.74. The summed E-state index contributed by atoms with van der Waals surface area (Å²) in [5.41, 5.74) is 1.31. The minimum atomic E-state index is -0.595. The first-order valence-corrected chi connectivity index (χ1v) is 5.10. The molecule has 0 aliphatic carbocycles. The van der Waals surface area contributed by atoms with Gasteiger partial charge >= 0.3 is 0 Å². The maximum absolute atomic E-state index is 13.1. The van der Waals surface area contributed by atoms with E-state index in [1.165, 1.54) is 18.3 Å². The topological polar surface area (TPSA) is 37.8 Å². The van der Waals surface area contributed by atoms with Crippen molar-refractivity contribution in [1.29, 1.82) is 0 Å². The van der Waals surface area contributed by atoms with E-state index in [4.69, 9.17) is 0 Å². The Balaban J connectivity index is 2.42. The van der Waals surface area contributed by atoms with E-state index >= 15 is 0 Å². The summed E-state index contributed by atoms with van der Waals surface area (Å²) in [6, 6.07) is 4.88. The Morgan fingerprint density at radius 3 is 2.29 bits per heavy atom. The molecule has 0 saturated carbocycles. The summed E-state index contributed by atoms with van der Waals surface area (Å²) in [7, 11) is 1.72. The van der Waals surface area contributed by atoms with Crippen LogP contribution in [0.15, 0.2) is 36.7 Å². The van der Waals surface area contributed by atoms with Gasteiger partial charge in [-0.2, -0.15) is 10.2 Å². The van der Waals surface area contributed by atoms with Crippen molar-refractivity contribution in [3.8, 4) is 0 Å². The molecule has 1 N–H and O–H groups in total. The summed E-state index contributed by atoms with van der Waals surface area (Å²) in [6.07, 6.45) is 3.10. The van der Waals surface area contributed by atoms with Gasteiger partial charge in [-0.05, 0) is 36.4 Å². The molecule has 0 radical (unpaired) electrons. The monoisotopic (exact) mass is 235 g/mol. The number of halogens is 2. The van der Waals surface area contributed by atoms with Crippen LogP contribution in [0.2, 0.25) is 0 Å². The Kier molecular flexibility index (Phi) is 3.39. The Morgan fingerprint density at radius 1 is 1.06 bits per heavy atom. The highest BCUT2D eigenvalue weighted by Gasteiger charge is 2.14. The van der Waals surface area contributed by atoms with E-state index in [-0.39, 0.29) is 6.04 Å². The van der Waals surface area contributed by atoms with E-state index in [9.17, 15) is 8.78 Å². The Hall–Kier alpha value is -1.88. The van der Waals surface area contributed by atoms with E-state index in [1.54, 1.807) is 19.3 Å².